The third-order valence-electron chi connectivity index (χ3n) is 2.93. The molecule has 0 aliphatic heterocycles. The third kappa shape index (κ3) is 1.86. The molecule has 0 saturated heterocycles. The first kappa shape index (κ1) is 11.2. The zero-order valence-corrected chi connectivity index (χ0v) is 11.2. The van der Waals surface area contributed by atoms with E-state index in [4.69, 9.17) is 5.73 Å². The maximum absolute atomic E-state index is 5.84. The van der Waals surface area contributed by atoms with Gasteiger partial charge in [-0.05, 0) is 26.0 Å². The van der Waals surface area contributed by atoms with Gasteiger partial charge < -0.3 is 10.1 Å². The summed E-state index contributed by atoms with van der Waals surface area (Å²) in [7, 11) is 0. The maximum Gasteiger partial charge on any atom is 0.137 e. The summed E-state index contributed by atoms with van der Waals surface area (Å²) in [5.41, 5.74) is 10.8. The third-order valence-corrected chi connectivity index (χ3v) is 3.89. The second-order valence-corrected chi connectivity index (χ2v) is 5.34. The highest BCUT2D eigenvalue weighted by molar-refractivity contribution is 7.09. The molecule has 3 heterocycles. The number of pyridine rings is 1. The van der Waals surface area contributed by atoms with E-state index in [1.807, 2.05) is 32.2 Å². The summed E-state index contributed by atoms with van der Waals surface area (Å²) in [6.45, 7) is 4.04. The molecule has 3 aromatic heterocycles. The molecule has 0 aromatic carbocycles. The van der Waals surface area contributed by atoms with Gasteiger partial charge in [-0.3, -0.25) is 0 Å². The van der Waals surface area contributed by atoms with Crippen LogP contribution in [0.1, 0.15) is 22.1 Å². The lowest BCUT2D eigenvalue weighted by Gasteiger charge is -2.02. The minimum absolute atomic E-state index is 0.747. The Bertz CT molecular complexity index is 711. The number of rotatable bonds is 2. The fraction of sp³-hybridized carbons (Fsp3) is 0.231. The number of aromatic nitrogens is 3. The van der Waals surface area contributed by atoms with Crippen LogP contribution in [0.3, 0.4) is 0 Å². The molecule has 0 unspecified atom stereocenters. The average Bonchev–Trinajstić information content (AvgIpc) is 2.86. The van der Waals surface area contributed by atoms with Crippen LogP contribution in [0.4, 0.5) is 5.69 Å². The first-order valence-corrected chi connectivity index (χ1v) is 6.65. The van der Waals surface area contributed by atoms with Crippen LogP contribution in [-0.2, 0) is 6.42 Å². The Morgan fingerprint density at radius 1 is 1.28 bits per heavy atom. The Hall–Kier alpha value is -1.88. The zero-order valence-electron chi connectivity index (χ0n) is 10.3. The predicted octanol–water partition coefficient (Wildman–Crippen LogP) is 2.58. The highest BCUT2D eigenvalue weighted by atomic mass is 32.1. The van der Waals surface area contributed by atoms with E-state index in [1.165, 1.54) is 0 Å². The van der Waals surface area contributed by atoms with Crippen molar-refractivity contribution in [2.75, 3.05) is 5.73 Å². The number of hydrogen-bond acceptors (Lipinski definition) is 4. The number of fused-ring (bicyclic) bond motifs is 1. The molecule has 3 aromatic rings. The fourth-order valence-corrected chi connectivity index (χ4v) is 2.84. The molecule has 5 heteroatoms. The number of thiazole rings is 1. The molecular formula is C13H14N4S. The van der Waals surface area contributed by atoms with Crippen LogP contribution in [0, 0.1) is 13.8 Å². The fourth-order valence-electron chi connectivity index (χ4n) is 2.07. The SMILES string of the molecule is Cc1csc(Cc2c(C)nc3ccc(N)cn23)n1. The first-order chi connectivity index (χ1) is 8.63. The summed E-state index contributed by atoms with van der Waals surface area (Å²) in [6.07, 6.45) is 2.72. The molecule has 0 spiro atoms. The summed E-state index contributed by atoms with van der Waals surface area (Å²) < 4.78 is 2.06. The van der Waals surface area contributed by atoms with Gasteiger partial charge in [-0.1, -0.05) is 0 Å². The van der Waals surface area contributed by atoms with Crippen molar-refractivity contribution in [3.63, 3.8) is 0 Å². The van der Waals surface area contributed by atoms with Crippen LogP contribution in [0.15, 0.2) is 23.7 Å². The number of imidazole rings is 1. The lowest BCUT2D eigenvalue weighted by atomic mass is 10.2. The molecule has 0 saturated carbocycles. The van der Waals surface area contributed by atoms with Crippen molar-refractivity contribution in [1.29, 1.82) is 0 Å². The molecule has 0 fully saturated rings. The second kappa shape index (κ2) is 4.10. The quantitative estimate of drug-likeness (QED) is 0.768. The molecule has 0 radical (unpaired) electrons. The Morgan fingerprint density at radius 2 is 2.11 bits per heavy atom. The van der Waals surface area contributed by atoms with Crippen LogP contribution < -0.4 is 5.73 Å². The average molecular weight is 258 g/mol. The van der Waals surface area contributed by atoms with E-state index in [0.29, 0.717) is 0 Å². The van der Waals surface area contributed by atoms with Gasteiger partial charge in [-0.25, -0.2) is 9.97 Å². The molecule has 3 rings (SSSR count). The number of anilines is 1. The number of nitrogens with two attached hydrogens (primary N) is 1. The van der Waals surface area contributed by atoms with Crippen LogP contribution in [-0.4, -0.2) is 14.4 Å². The largest absolute Gasteiger partial charge is 0.398 e. The molecule has 0 amide bonds. The number of hydrogen-bond donors (Lipinski definition) is 1. The van der Waals surface area contributed by atoms with E-state index in [0.717, 1.165) is 39.8 Å². The van der Waals surface area contributed by atoms with E-state index in [-0.39, 0.29) is 0 Å². The summed E-state index contributed by atoms with van der Waals surface area (Å²) in [4.78, 5) is 9.04. The number of nitrogen functional groups attached to an aromatic ring is 1. The van der Waals surface area contributed by atoms with Gasteiger partial charge in [-0.15, -0.1) is 11.3 Å². The van der Waals surface area contributed by atoms with Crippen molar-refractivity contribution >= 4 is 22.7 Å². The van der Waals surface area contributed by atoms with Gasteiger partial charge in [0.25, 0.3) is 0 Å². The summed E-state index contributed by atoms with van der Waals surface area (Å²) >= 11 is 1.69. The van der Waals surface area contributed by atoms with Crippen molar-refractivity contribution in [2.24, 2.45) is 0 Å². The lowest BCUT2D eigenvalue weighted by molar-refractivity contribution is 0.988. The topological polar surface area (TPSA) is 56.2 Å². The van der Waals surface area contributed by atoms with Crippen molar-refractivity contribution < 1.29 is 0 Å². The Balaban J connectivity index is 2.10. The summed E-state index contributed by atoms with van der Waals surface area (Å²) in [5.74, 6) is 0. The van der Waals surface area contributed by atoms with Crippen molar-refractivity contribution in [3.8, 4) is 0 Å². The Kier molecular flexibility index (Phi) is 2.56. The summed E-state index contributed by atoms with van der Waals surface area (Å²) in [5, 5.41) is 3.18. The van der Waals surface area contributed by atoms with E-state index >= 15 is 0 Å². The molecular weight excluding hydrogens is 244 g/mol. The predicted molar refractivity (Wildman–Crippen MR) is 74.0 cm³/mol. The van der Waals surface area contributed by atoms with Crippen LogP contribution >= 0.6 is 11.3 Å². The molecule has 18 heavy (non-hydrogen) atoms. The van der Waals surface area contributed by atoms with Gasteiger partial charge in [0.1, 0.15) is 5.65 Å². The minimum atomic E-state index is 0.747. The second-order valence-electron chi connectivity index (χ2n) is 4.39. The Morgan fingerprint density at radius 3 is 2.83 bits per heavy atom. The van der Waals surface area contributed by atoms with Crippen LogP contribution in [0.2, 0.25) is 0 Å². The van der Waals surface area contributed by atoms with Gasteiger partial charge in [0.2, 0.25) is 0 Å². The first-order valence-electron chi connectivity index (χ1n) is 5.77. The van der Waals surface area contributed by atoms with Crippen LogP contribution in [0.25, 0.3) is 5.65 Å². The van der Waals surface area contributed by atoms with E-state index in [1.54, 1.807) is 11.3 Å². The lowest BCUT2D eigenvalue weighted by Crippen LogP contribution is -1.97. The Labute approximate surface area is 109 Å². The monoisotopic (exact) mass is 258 g/mol. The van der Waals surface area contributed by atoms with E-state index in [9.17, 15) is 0 Å². The molecule has 92 valence electrons. The highest BCUT2D eigenvalue weighted by Crippen LogP contribution is 2.19. The molecule has 4 nitrogen and oxygen atoms in total. The molecule has 2 N–H and O–H groups in total. The zero-order chi connectivity index (χ0) is 12.7. The number of aryl methyl sites for hydroxylation is 2. The standard InChI is InChI=1S/C13H14N4S/c1-8-7-18-13(15-8)5-11-9(2)16-12-4-3-10(14)6-17(11)12/h3-4,6-7H,5,14H2,1-2H3. The van der Waals surface area contributed by atoms with Crippen molar-refractivity contribution in [2.45, 2.75) is 20.3 Å². The molecule has 0 aliphatic carbocycles. The van der Waals surface area contributed by atoms with Crippen molar-refractivity contribution in [3.05, 3.63) is 45.8 Å². The molecule has 0 atom stereocenters. The van der Waals surface area contributed by atoms with Gasteiger partial charge in [-0.2, -0.15) is 0 Å². The number of nitrogens with zero attached hydrogens (tertiary/aromatic N) is 3. The minimum Gasteiger partial charge on any atom is -0.398 e. The van der Waals surface area contributed by atoms with E-state index in [2.05, 4.69) is 19.7 Å². The van der Waals surface area contributed by atoms with E-state index < -0.39 is 0 Å². The highest BCUT2D eigenvalue weighted by Gasteiger charge is 2.11. The molecule has 0 bridgehead atoms. The van der Waals surface area contributed by atoms with Gasteiger partial charge in [0, 0.05) is 29.4 Å². The van der Waals surface area contributed by atoms with Gasteiger partial charge >= 0.3 is 0 Å². The van der Waals surface area contributed by atoms with Crippen LogP contribution in [0.5, 0.6) is 0 Å². The maximum atomic E-state index is 5.84. The van der Waals surface area contributed by atoms with Crippen molar-refractivity contribution in [1.82, 2.24) is 14.4 Å². The van der Waals surface area contributed by atoms with Gasteiger partial charge in [0.05, 0.1) is 16.4 Å². The summed E-state index contributed by atoms with van der Waals surface area (Å²) in [6, 6.07) is 3.82. The molecule has 0 aliphatic rings. The normalized spacial score (nSPS) is 11.2. The van der Waals surface area contributed by atoms with Gasteiger partial charge in [0.15, 0.2) is 0 Å². The smallest absolute Gasteiger partial charge is 0.137 e.